The summed E-state index contributed by atoms with van der Waals surface area (Å²) in [7, 11) is 0. The predicted octanol–water partition coefficient (Wildman–Crippen LogP) is 3.70. The maximum atomic E-state index is 12.8. The predicted molar refractivity (Wildman–Crippen MR) is 95.1 cm³/mol. The average molecular weight is 396 g/mol. The number of nitrogens with two attached hydrogens (primary N) is 1. The topological polar surface area (TPSA) is 72.1 Å². The van der Waals surface area contributed by atoms with E-state index in [-0.39, 0.29) is 17.3 Å². The summed E-state index contributed by atoms with van der Waals surface area (Å²) in [5.41, 5.74) is 6.33. The Morgan fingerprint density at radius 2 is 2.00 bits per heavy atom. The van der Waals surface area contributed by atoms with Gasteiger partial charge in [-0.3, -0.25) is 4.79 Å². The summed E-state index contributed by atoms with van der Waals surface area (Å²) in [5, 5.41) is 0.315. The molecule has 0 aromatic carbocycles. The normalized spacial score (nSPS) is 14.8. The Balaban J connectivity index is 1.98. The van der Waals surface area contributed by atoms with Gasteiger partial charge in [0.1, 0.15) is 17.3 Å². The molecule has 0 aliphatic carbocycles. The van der Waals surface area contributed by atoms with E-state index >= 15 is 0 Å². The number of carbonyl (C=O) groups is 1. The van der Waals surface area contributed by atoms with Crippen molar-refractivity contribution >= 4 is 44.9 Å². The number of aromatic nitrogens is 2. The highest BCUT2D eigenvalue weighted by atomic mass is 79.9. The van der Waals surface area contributed by atoms with Crippen LogP contribution in [0.3, 0.4) is 0 Å². The van der Waals surface area contributed by atoms with Gasteiger partial charge in [-0.05, 0) is 53.4 Å². The van der Waals surface area contributed by atoms with Crippen molar-refractivity contribution < 1.29 is 4.79 Å². The van der Waals surface area contributed by atoms with Gasteiger partial charge in [0.05, 0.1) is 10.6 Å². The van der Waals surface area contributed by atoms with Crippen molar-refractivity contribution in [2.45, 2.75) is 19.3 Å². The minimum absolute atomic E-state index is 0.166. The highest BCUT2D eigenvalue weighted by molar-refractivity contribution is 9.10. The highest BCUT2D eigenvalue weighted by Crippen LogP contribution is 2.26. The number of carbonyl (C=O) groups excluding carboxylic acids is 1. The first-order valence-corrected chi connectivity index (χ1v) is 8.60. The zero-order chi connectivity index (χ0) is 16.4. The Bertz CT molecular complexity index is 747. The molecule has 23 heavy (non-hydrogen) atoms. The van der Waals surface area contributed by atoms with E-state index in [4.69, 9.17) is 17.3 Å². The fourth-order valence-corrected chi connectivity index (χ4v) is 3.17. The molecular formula is C16H16BrClN4O. The number of anilines is 2. The number of halogens is 2. The molecule has 0 radical (unpaired) electrons. The number of piperidine rings is 1. The molecule has 0 spiro atoms. The first-order chi connectivity index (χ1) is 11.1. The van der Waals surface area contributed by atoms with Crippen molar-refractivity contribution in [3.8, 4) is 0 Å². The summed E-state index contributed by atoms with van der Waals surface area (Å²) in [4.78, 5) is 23.4. The standard InChI is InChI=1S/C16H16BrClN4O/c17-10-8-11(16(19)20-9-10)15(23)14-12(18)4-5-13(21-14)22-6-2-1-3-7-22/h4-5,8-9H,1-3,6-7H2,(H2,19,20). The minimum atomic E-state index is -0.319. The van der Waals surface area contributed by atoms with Gasteiger partial charge in [-0.15, -0.1) is 0 Å². The van der Waals surface area contributed by atoms with Crippen molar-refractivity contribution in [2.75, 3.05) is 23.7 Å². The summed E-state index contributed by atoms with van der Waals surface area (Å²) in [6.45, 7) is 1.89. The van der Waals surface area contributed by atoms with Crippen LogP contribution in [-0.2, 0) is 0 Å². The zero-order valence-corrected chi connectivity index (χ0v) is 14.8. The third-order valence-electron chi connectivity index (χ3n) is 3.86. The van der Waals surface area contributed by atoms with Gasteiger partial charge >= 0.3 is 0 Å². The largest absolute Gasteiger partial charge is 0.383 e. The molecule has 3 rings (SSSR count). The van der Waals surface area contributed by atoms with Crippen LogP contribution in [0.15, 0.2) is 28.9 Å². The van der Waals surface area contributed by atoms with E-state index in [0.29, 0.717) is 15.1 Å². The number of nitrogen functional groups attached to an aromatic ring is 1. The third kappa shape index (κ3) is 3.48. The lowest BCUT2D eigenvalue weighted by Crippen LogP contribution is -2.30. The van der Waals surface area contributed by atoms with E-state index in [1.807, 2.05) is 6.07 Å². The number of hydrogen-bond acceptors (Lipinski definition) is 5. The Labute approximate surface area is 148 Å². The molecule has 0 unspecified atom stereocenters. The van der Waals surface area contributed by atoms with Gasteiger partial charge in [0.15, 0.2) is 0 Å². The molecule has 7 heteroatoms. The second-order valence-corrected chi connectivity index (χ2v) is 6.79. The number of nitrogens with zero attached hydrogens (tertiary/aromatic N) is 3. The van der Waals surface area contributed by atoms with Crippen LogP contribution in [0.4, 0.5) is 11.6 Å². The monoisotopic (exact) mass is 394 g/mol. The van der Waals surface area contributed by atoms with Gasteiger partial charge in [-0.25, -0.2) is 9.97 Å². The van der Waals surface area contributed by atoms with E-state index in [2.05, 4.69) is 30.8 Å². The van der Waals surface area contributed by atoms with Gasteiger partial charge in [0.25, 0.3) is 0 Å². The fourth-order valence-electron chi connectivity index (χ4n) is 2.65. The first kappa shape index (κ1) is 16.2. The van der Waals surface area contributed by atoms with Crippen LogP contribution in [-0.4, -0.2) is 28.8 Å². The second kappa shape index (κ2) is 6.84. The molecular weight excluding hydrogens is 380 g/mol. The SMILES string of the molecule is Nc1ncc(Br)cc1C(=O)c1nc(N2CCCCC2)ccc1Cl. The van der Waals surface area contributed by atoms with Gasteiger partial charge in [0, 0.05) is 23.8 Å². The maximum absolute atomic E-state index is 12.8. The van der Waals surface area contributed by atoms with Crippen molar-refractivity contribution in [3.63, 3.8) is 0 Å². The van der Waals surface area contributed by atoms with Gasteiger partial charge in [0.2, 0.25) is 5.78 Å². The van der Waals surface area contributed by atoms with E-state index in [9.17, 15) is 4.79 Å². The maximum Gasteiger partial charge on any atom is 0.216 e. The molecule has 5 nitrogen and oxygen atoms in total. The molecule has 2 N–H and O–H groups in total. The summed E-state index contributed by atoms with van der Waals surface area (Å²) in [5.74, 6) is 0.624. The van der Waals surface area contributed by atoms with E-state index in [1.165, 1.54) is 6.42 Å². The highest BCUT2D eigenvalue weighted by Gasteiger charge is 2.21. The molecule has 2 aromatic rings. The molecule has 1 aliphatic rings. The first-order valence-electron chi connectivity index (χ1n) is 7.43. The van der Waals surface area contributed by atoms with Crippen LogP contribution < -0.4 is 10.6 Å². The van der Waals surface area contributed by atoms with Crippen molar-refractivity contribution in [3.05, 3.63) is 45.1 Å². The Morgan fingerprint density at radius 1 is 1.26 bits per heavy atom. The van der Waals surface area contributed by atoms with Gasteiger partial charge < -0.3 is 10.6 Å². The van der Waals surface area contributed by atoms with Crippen molar-refractivity contribution in [1.29, 1.82) is 0 Å². The summed E-state index contributed by atoms with van der Waals surface area (Å²) < 4.78 is 0.679. The summed E-state index contributed by atoms with van der Waals surface area (Å²) in [6, 6.07) is 5.20. The fraction of sp³-hybridized carbons (Fsp3) is 0.312. The molecule has 1 aliphatic heterocycles. The van der Waals surface area contributed by atoms with Gasteiger partial charge in [-0.2, -0.15) is 0 Å². The summed E-state index contributed by atoms with van der Waals surface area (Å²) >= 11 is 9.50. The van der Waals surface area contributed by atoms with Crippen molar-refractivity contribution in [1.82, 2.24) is 9.97 Å². The molecule has 120 valence electrons. The number of pyridine rings is 2. The van der Waals surface area contributed by atoms with Crippen LogP contribution in [0.1, 0.15) is 35.3 Å². The number of hydrogen-bond donors (Lipinski definition) is 1. The van der Waals surface area contributed by atoms with Crippen LogP contribution in [0.2, 0.25) is 5.02 Å². The molecule has 0 atom stereocenters. The van der Waals surface area contributed by atoms with E-state index in [0.717, 1.165) is 31.7 Å². The summed E-state index contributed by atoms with van der Waals surface area (Å²) in [6.07, 6.45) is 5.05. The second-order valence-electron chi connectivity index (χ2n) is 5.46. The molecule has 1 fully saturated rings. The quantitative estimate of drug-likeness (QED) is 0.802. The van der Waals surface area contributed by atoms with Crippen LogP contribution >= 0.6 is 27.5 Å². The minimum Gasteiger partial charge on any atom is -0.383 e. The Kier molecular flexibility index (Phi) is 4.82. The Morgan fingerprint density at radius 3 is 2.74 bits per heavy atom. The third-order valence-corrected chi connectivity index (χ3v) is 4.59. The molecule has 2 aromatic heterocycles. The van der Waals surface area contributed by atoms with Gasteiger partial charge in [-0.1, -0.05) is 11.6 Å². The number of ketones is 1. The molecule has 3 heterocycles. The van der Waals surface area contributed by atoms with Crippen molar-refractivity contribution in [2.24, 2.45) is 0 Å². The molecule has 1 saturated heterocycles. The molecule has 0 bridgehead atoms. The lowest BCUT2D eigenvalue weighted by atomic mass is 10.1. The van der Waals surface area contributed by atoms with Crippen LogP contribution in [0.25, 0.3) is 0 Å². The van der Waals surface area contributed by atoms with Crippen LogP contribution in [0, 0.1) is 0 Å². The zero-order valence-electron chi connectivity index (χ0n) is 12.4. The molecule has 0 saturated carbocycles. The number of rotatable bonds is 3. The van der Waals surface area contributed by atoms with E-state index < -0.39 is 0 Å². The van der Waals surface area contributed by atoms with Crippen LogP contribution in [0.5, 0.6) is 0 Å². The Hall–Kier alpha value is -1.66. The lowest BCUT2D eigenvalue weighted by Gasteiger charge is -2.28. The molecule has 0 amide bonds. The van der Waals surface area contributed by atoms with E-state index in [1.54, 1.807) is 18.3 Å². The average Bonchev–Trinajstić information content (AvgIpc) is 2.58. The lowest BCUT2D eigenvalue weighted by molar-refractivity contribution is 0.103. The smallest absolute Gasteiger partial charge is 0.216 e.